The molecule has 124 valence electrons. The van der Waals surface area contributed by atoms with Crippen LogP contribution in [0.1, 0.15) is 12.2 Å². The summed E-state index contributed by atoms with van der Waals surface area (Å²) in [6.45, 7) is -0.560. The van der Waals surface area contributed by atoms with Crippen LogP contribution in [0.4, 0.5) is 13.2 Å². The van der Waals surface area contributed by atoms with E-state index in [4.69, 9.17) is 0 Å². The molecule has 1 amide bonds. The van der Waals surface area contributed by atoms with Crippen molar-refractivity contribution in [2.75, 3.05) is 13.7 Å². The maximum absolute atomic E-state index is 13.1. The molecule has 1 N–H and O–H groups in total. The lowest BCUT2D eigenvalue weighted by atomic mass is 10.3. The summed E-state index contributed by atoms with van der Waals surface area (Å²) in [6, 6.07) is 6.03. The molecule has 2 aromatic rings. The van der Waals surface area contributed by atoms with Gasteiger partial charge in [-0.15, -0.1) is 0 Å². The van der Waals surface area contributed by atoms with E-state index >= 15 is 0 Å². The third-order valence-electron chi connectivity index (χ3n) is 3.09. The number of esters is 1. The van der Waals surface area contributed by atoms with Crippen molar-refractivity contribution in [2.24, 2.45) is 0 Å². The topological polar surface area (TPSA) is 73.2 Å². The second kappa shape index (κ2) is 6.67. The third-order valence-corrected chi connectivity index (χ3v) is 3.09. The van der Waals surface area contributed by atoms with E-state index in [2.05, 4.69) is 15.0 Å². The molecule has 0 aliphatic carbocycles. The Morgan fingerprint density at radius 2 is 2.00 bits per heavy atom. The molecule has 0 aliphatic rings. The van der Waals surface area contributed by atoms with Crippen LogP contribution in [0.15, 0.2) is 24.3 Å². The predicted molar refractivity (Wildman–Crippen MR) is 74.4 cm³/mol. The lowest BCUT2D eigenvalue weighted by Gasteiger charge is -2.11. The number of nitrogens with zero attached hydrogens (tertiary/aromatic N) is 2. The number of imidazole rings is 1. The summed E-state index contributed by atoms with van der Waals surface area (Å²) in [4.78, 5) is 26.3. The number of hydrogen-bond acceptors (Lipinski definition) is 4. The highest BCUT2D eigenvalue weighted by molar-refractivity contribution is 5.81. The van der Waals surface area contributed by atoms with Crippen LogP contribution < -0.4 is 5.32 Å². The molecule has 0 spiro atoms. The first-order valence-electron chi connectivity index (χ1n) is 6.69. The molecule has 9 heteroatoms. The van der Waals surface area contributed by atoms with Crippen LogP contribution in [-0.2, 0) is 27.0 Å². The van der Waals surface area contributed by atoms with Gasteiger partial charge in [0.1, 0.15) is 6.54 Å². The van der Waals surface area contributed by atoms with Crippen molar-refractivity contribution in [3.63, 3.8) is 0 Å². The largest absolute Gasteiger partial charge is 0.469 e. The van der Waals surface area contributed by atoms with Gasteiger partial charge in [-0.25, -0.2) is 4.98 Å². The summed E-state index contributed by atoms with van der Waals surface area (Å²) >= 11 is 0. The summed E-state index contributed by atoms with van der Waals surface area (Å²) in [5, 5.41) is 2.37. The van der Waals surface area contributed by atoms with Crippen molar-refractivity contribution in [3.05, 3.63) is 30.1 Å². The zero-order valence-electron chi connectivity index (χ0n) is 12.2. The Balaban J connectivity index is 2.18. The fourth-order valence-electron chi connectivity index (χ4n) is 2.06. The SMILES string of the molecule is COC(=O)CCNC(=O)Cn1c(C(F)(F)F)nc2ccccc21. The van der Waals surface area contributed by atoms with Gasteiger partial charge in [-0.2, -0.15) is 13.2 Å². The average Bonchev–Trinajstić information content (AvgIpc) is 2.86. The number of alkyl halides is 3. The van der Waals surface area contributed by atoms with Gasteiger partial charge in [-0.1, -0.05) is 12.1 Å². The lowest BCUT2D eigenvalue weighted by Crippen LogP contribution is -2.31. The van der Waals surface area contributed by atoms with Crippen LogP contribution in [0.2, 0.25) is 0 Å². The van der Waals surface area contributed by atoms with Gasteiger partial charge < -0.3 is 14.6 Å². The van der Waals surface area contributed by atoms with Crippen molar-refractivity contribution in [1.82, 2.24) is 14.9 Å². The van der Waals surface area contributed by atoms with Gasteiger partial charge in [0.15, 0.2) is 0 Å². The molecule has 0 atom stereocenters. The molecule has 0 saturated heterocycles. The summed E-state index contributed by atoms with van der Waals surface area (Å²) in [6.07, 6.45) is -4.73. The van der Waals surface area contributed by atoms with E-state index < -0.39 is 30.4 Å². The number of para-hydroxylation sites is 2. The van der Waals surface area contributed by atoms with Gasteiger partial charge in [0, 0.05) is 6.54 Å². The Morgan fingerprint density at radius 3 is 2.65 bits per heavy atom. The Hall–Kier alpha value is -2.58. The van der Waals surface area contributed by atoms with Gasteiger partial charge in [-0.3, -0.25) is 9.59 Å². The minimum absolute atomic E-state index is 0.0144. The zero-order valence-corrected chi connectivity index (χ0v) is 12.2. The van der Waals surface area contributed by atoms with E-state index in [9.17, 15) is 22.8 Å². The first-order chi connectivity index (χ1) is 10.8. The van der Waals surface area contributed by atoms with Gasteiger partial charge in [0.05, 0.1) is 24.6 Å². The van der Waals surface area contributed by atoms with Gasteiger partial charge >= 0.3 is 12.1 Å². The van der Waals surface area contributed by atoms with Crippen LogP contribution in [-0.4, -0.2) is 35.1 Å². The monoisotopic (exact) mass is 329 g/mol. The summed E-state index contributed by atoms with van der Waals surface area (Å²) < 4.78 is 44.4. The number of halogens is 3. The van der Waals surface area contributed by atoms with Gasteiger partial charge in [0.2, 0.25) is 11.7 Å². The van der Waals surface area contributed by atoms with Gasteiger partial charge in [0.25, 0.3) is 0 Å². The molecule has 0 unspecified atom stereocenters. The maximum atomic E-state index is 13.1. The van der Waals surface area contributed by atoms with Crippen LogP contribution in [0.5, 0.6) is 0 Å². The van der Waals surface area contributed by atoms with Crippen LogP contribution in [0, 0.1) is 0 Å². The lowest BCUT2D eigenvalue weighted by molar-refractivity contribution is -0.147. The minimum atomic E-state index is -4.68. The number of rotatable bonds is 5. The first kappa shape index (κ1) is 16.8. The van der Waals surface area contributed by atoms with E-state index in [0.29, 0.717) is 0 Å². The number of ether oxygens (including phenoxy) is 1. The fraction of sp³-hybridized carbons (Fsp3) is 0.357. The fourth-order valence-corrected chi connectivity index (χ4v) is 2.06. The standard InChI is InChI=1S/C14H14F3N3O3/c1-23-12(22)6-7-18-11(21)8-20-10-5-3-2-4-9(10)19-13(20)14(15,16)17/h2-5H,6-8H2,1H3,(H,18,21). The number of methoxy groups -OCH3 is 1. The number of carbonyl (C=O) groups excluding carboxylic acids is 2. The number of aromatic nitrogens is 2. The average molecular weight is 329 g/mol. The molecule has 0 fully saturated rings. The molecule has 2 rings (SSSR count). The molecule has 6 nitrogen and oxygen atoms in total. The Bertz CT molecular complexity index is 725. The molecule has 1 aromatic heterocycles. The Labute approximate surface area is 129 Å². The number of benzene rings is 1. The minimum Gasteiger partial charge on any atom is -0.469 e. The van der Waals surface area contributed by atoms with Crippen molar-refractivity contribution in [1.29, 1.82) is 0 Å². The number of nitrogens with one attached hydrogen (secondary N) is 1. The van der Waals surface area contributed by atoms with Crippen molar-refractivity contribution < 1.29 is 27.5 Å². The highest BCUT2D eigenvalue weighted by Gasteiger charge is 2.37. The molecular formula is C14H14F3N3O3. The van der Waals surface area contributed by atoms with E-state index in [0.717, 1.165) is 4.57 Å². The number of hydrogen-bond donors (Lipinski definition) is 1. The van der Waals surface area contributed by atoms with Crippen LogP contribution >= 0.6 is 0 Å². The second-order valence-electron chi connectivity index (χ2n) is 4.68. The van der Waals surface area contributed by atoms with Crippen molar-refractivity contribution in [3.8, 4) is 0 Å². The van der Waals surface area contributed by atoms with Crippen molar-refractivity contribution >= 4 is 22.9 Å². The molecule has 0 aliphatic heterocycles. The van der Waals surface area contributed by atoms with E-state index in [1.54, 1.807) is 12.1 Å². The quantitative estimate of drug-likeness (QED) is 0.848. The Morgan fingerprint density at radius 1 is 1.30 bits per heavy atom. The van der Waals surface area contributed by atoms with E-state index in [1.165, 1.54) is 19.2 Å². The Kier molecular flexibility index (Phi) is 4.87. The highest BCUT2D eigenvalue weighted by Crippen LogP contribution is 2.31. The second-order valence-corrected chi connectivity index (χ2v) is 4.68. The van der Waals surface area contributed by atoms with E-state index in [1.807, 2.05) is 0 Å². The molecule has 0 radical (unpaired) electrons. The number of carbonyl (C=O) groups is 2. The smallest absolute Gasteiger partial charge is 0.449 e. The first-order valence-corrected chi connectivity index (χ1v) is 6.69. The van der Waals surface area contributed by atoms with E-state index in [-0.39, 0.29) is 24.0 Å². The number of amides is 1. The molecular weight excluding hydrogens is 315 g/mol. The summed E-state index contributed by atoms with van der Waals surface area (Å²) in [5.41, 5.74) is 0.366. The summed E-state index contributed by atoms with van der Waals surface area (Å²) in [7, 11) is 1.21. The van der Waals surface area contributed by atoms with Crippen molar-refractivity contribution in [2.45, 2.75) is 19.1 Å². The molecule has 0 saturated carbocycles. The normalized spacial score (nSPS) is 11.5. The van der Waals surface area contributed by atoms with Gasteiger partial charge in [-0.05, 0) is 12.1 Å². The van der Waals surface area contributed by atoms with Crippen LogP contribution in [0.3, 0.4) is 0 Å². The zero-order chi connectivity index (χ0) is 17.0. The predicted octanol–water partition coefficient (Wildman–Crippen LogP) is 1.73. The van der Waals surface area contributed by atoms with Crippen LogP contribution in [0.25, 0.3) is 11.0 Å². The maximum Gasteiger partial charge on any atom is 0.449 e. The number of fused-ring (bicyclic) bond motifs is 1. The highest BCUT2D eigenvalue weighted by atomic mass is 19.4. The molecule has 23 heavy (non-hydrogen) atoms. The molecule has 1 heterocycles. The third kappa shape index (κ3) is 3.99. The molecule has 0 bridgehead atoms. The summed E-state index contributed by atoms with van der Waals surface area (Å²) in [5.74, 6) is -2.31. The molecule has 1 aromatic carbocycles.